The number of carbonyl (C=O) groups is 1. The Morgan fingerprint density at radius 3 is 2.89 bits per heavy atom. The average Bonchev–Trinajstić information content (AvgIpc) is 3.02. The van der Waals surface area contributed by atoms with E-state index >= 15 is 0 Å². The van der Waals surface area contributed by atoms with E-state index in [9.17, 15) is 4.79 Å². The Labute approximate surface area is 112 Å². The summed E-state index contributed by atoms with van der Waals surface area (Å²) in [5.41, 5.74) is 0.928. The van der Waals surface area contributed by atoms with Crippen LogP contribution in [0.15, 0.2) is 34.9 Å². The van der Waals surface area contributed by atoms with E-state index in [1.54, 1.807) is 34.9 Å². The molecule has 0 aliphatic heterocycles. The summed E-state index contributed by atoms with van der Waals surface area (Å²) in [5.74, 6) is 0.592. The molecule has 3 heterocycles. The van der Waals surface area contributed by atoms with Crippen molar-refractivity contribution >= 4 is 23.2 Å². The summed E-state index contributed by atoms with van der Waals surface area (Å²) in [6, 6.07) is 6.54. The highest BCUT2D eigenvalue weighted by molar-refractivity contribution is 6.28. The average molecular weight is 278 g/mol. The van der Waals surface area contributed by atoms with Crippen molar-refractivity contribution in [2.75, 3.05) is 7.11 Å². The maximum atomic E-state index is 11.4. The molecule has 96 valence electrons. The van der Waals surface area contributed by atoms with Gasteiger partial charge in [0.1, 0.15) is 0 Å². The lowest BCUT2D eigenvalue weighted by atomic mass is 10.2. The SMILES string of the molecule is COC(=O)c1ccn2c(-c3ccc(Cl)o3)nnc2c1. The van der Waals surface area contributed by atoms with Crippen molar-refractivity contribution in [2.24, 2.45) is 0 Å². The molecule has 0 radical (unpaired) electrons. The number of esters is 1. The second kappa shape index (κ2) is 4.40. The number of pyridine rings is 1. The predicted octanol–water partition coefficient (Wildman–Crippen LogP) is 2.43. The monoisotopic (exact) mass is 277 g/mol. The zero-order chi connectivity index (χ0) is 13.4. The third kappa shape index (κ3) is 1.96. The minimum absolute atomic E-state index is 0.276. The van der Waals surface area contributed by atoms with Crippen molar-refractivity contribution in [1.82, 2.24) is 14.6 Å². The summed E-state index contributed by atoms with van der Waals surface area (Å²) in [5, 5.41) is 8.27. The van der Waals surface area contributed by atoms with Gasteiger partial charge >= 0.3 is 5.97 Å². The molecule has 3 aromatic heterocycles. The van der Waals surface area contributed by atoms with Gasteiger partial charge in [-0.25, -0.2) is 4.79 Å². The van der Waals surface area contributed by atoms with Crippen LogP contribution in [0.25, 0.3) is 17.2 Å². The first-order chi connectivity index (χ1) is 9.19. The fraction of sp³-hybridized carbons (Fsp3) is 0.0833. The molecule has 19 heavy (non-hydrogen) atoms. The summed E-state index contributed by atoms with van der Waals surface area (Å²) < 4.78 is 11.6. The van der Waals surface area contributed by atoms with Gasteiger partial charge in [0, 0.05) is 6.20 Å². The number of carbonyl (C=O) groups excluding carboxylic acids is 1. The number of ether oxygens (including phenoxy) is 1. The predicted molar refractivity (Wildman–Crippen MR) is 67.0 cm³/mol. The van der Waals surface area contributed by atoms with E-state index in [1.807, 2.05) is 0 Å². The van der Waals surface area contributed by atoms with Crippen molar-refractivity contribution in [2.45, 2.75) is 0 Å². The topological polar surface area (TPSA) is 69.6 Å². The lowest BCUT2D eigenvalue weighted by molar-refractivity contribution is 0.0600. The van der Waals surface area contributed by atoms with Gasteiger partial charge < -0.3 is 9.15 Å². The first-order valence-corrected chi connectivity index (χ1v) is 5.75. The second-order valence-electron chi connectivity index (χ2n) is 3.76. The third-order valence-corrected chi connectivity index (χ3v) is 2.83. The highest BCUT2D eigenvalue weighted by atomic mass is 35.5. The largest absolute Gasteiger partial charge is 0.465 e. The molecule has 0 aliphatic carbocycles. The second-order valence-corrected chi connectivity index (χ2v) is 4.14. The lowest BCUT2D eigenvalue weighted by Gasteiger charge is -2.00. The Balaban J connectivity index is 2.12. The molecule has 0 bridgehead atoms. The molecule has 0 fully saturated rings. The van der Waals surface area contributed by atoms with Crippen LogP contribution in [0, 0.1) is 0 Å². The molecule has 0 aliphatic rings. The lowest BCUT2D eigenvalue weighted by Crippen LogP contribution is -2.02. The Hall–Kier alpha value is -2.34. The Morgan fingerprint density at radius 1 is 1.37 bits per heavy atom. The Bertz CT molecular complexity index is 763. The molecule has 6 nitrogen and oxygen atoms in total. The summed E-state index contributed by atoms with van der Waals surface area (Å²) in [6.45, 7) is 0. The molecule has 3 rings (SSSR count). The smallest absolute Gasteiger partial charge is 0.338 e. The van der Waals surface area contributed by atoms with Crippen LogP contribution in [-0.4, -0.2) is 27.7 Å². The number of methoxy groups -OCH3 is 1. The summed E-state index contributed by atoms with van der Waals surface area (Å²) in [7, 11) is 1.33. The van der Waals surface area contributed by atoms with E-state index in [0.29, 0.717) is 22.8 Å². The maximum Gasteiger partial charge on any atom is 0.338 e. The van der Waals surface area contributed by atoms with Crippen LogP contribution < -0.4 is 0 Å². The van der Waals surface area contributed by atoms with Crippen LogP contribution in [-0.2, 0) is 4.74 Å². The number of furan rings is 1. The van der Waals surface area contributed by atoms with Gasteiger partial charge in [-0.3, -0.25) is 4.40 Å². The number of fused-ring (bicyclic) bond motifs is 1. The highest BCUT2D eigenvalue weighted by Crippen LogP contribution is 2.23. The van der Waals surface area contributed by atoms with Gasteiger partial charge in [-0.15, -0.1) is 10.2 Å². The number of nitrogens with zero attached hydrogens (tertiary/aromatic N) is 3. The van der Waals surface area contributed by atoms with Gasteiger partial charge in [0.05, 0.1) is 12.7 Å². The van der Waals surface area contributed by atoms with Crippen LogP contribution >= 0.6 is 11.6 Å². The minimum Gasteiger partial charge on any atom is -0.465 e. The van der Waals surface area contributed by atoms with E-state index < -0.39 is 5.97 Å². The molecule has 0 unspecified atom stereocenters. The zero-order valence-corrected chi connectivity index (χ0v) is 10.6. The van der Waals surface area contributed by atoms with Crippen LogP contribution in [0.1, 0.15) is 10.4 Å². The zero-order valence-electron chi connectivity index (χ0n) is 9.83. The molecule has 0 saturated carbocycles. The molecular weight excluding hydrogens is 270 g/mol. The molecular formula is C12H8ClN3O3. The van der Waals surface area contributed by atoms with E-state index in [4.69, 9.17) is 16.0 Å². The van der Waals surface area contributed by atoms with Gasteiger partial charge in [-0.2, -0.15) is 0 Å². The molecule has 7 heteroatoms. The number of halogens is 1. The van der Waals surface area contributed by atoms with Crippen molar-refractivity contribution in [1.29, 1.82) is 0 Å². The fourth-order valence-electron chi connectivity index (χ4n) is 1.74. The van der Waals surface area contributed by atoms with Crippen molar-refractivity contribution in [3.63, 3.8) is 0 Å². The van der Waals surface area contributed by atoms with Gasteiger partial charge in [-0.05, 0) is 35.9 Å². The molecule has 0 atom stereocenters. The van der Waals surface area contributed by atoms with E-state index in [-0.39, 0.29) is 5.22 Å². The van der Waals surface area contributed by atoms with Gasteiger partial charge in [0.2, 0.25) is 5.82 Å². The first kappa shape index (κ1) is 11.7. The normalized spacial score (nSPS) is 10.8. The quantitative estimate of drug-likeness (QED) is 0.673. The first-order valence-electron chi connectivity index (χ1n) is 5.38. The Kier molecular flexibility index (Phi) is 2.72. The van der Waals surface area contributed by atoms with E-state index in [2.05, 4.69) is 14.9 Å². The summed E-state index contributed by atoms with van der Waals surface area (Å²) in [4.78, 5) is 11.4. The molecule has 3 aromatic rings. The van der Waals surface area contributed by atoms with E-state index in [1.165, 1.54) is 7.11 Å². The third-order valence-electron chi connectivity index (χ3n) is 2.62. The maximum absolute atomic E-state index is 11.4. The number of rotatable bonds is 2. The van der Waals surface area contributed by atoms with Crippen molar-refractivity contribution in [3.05, 3.63) is 41.2 Å². The van der Waals surface area contributed by atoms with Crippen LogP contribution in [0.3, 0.4) is 0 Å². The van der Waals surface area contributed by atoms with Crippen LogP contribution in [0.4, 0.5) is 0 Å². The van der Waals surface area contributed by atoms with Gasteiger partial charge in [0.15, 0.2) is 16.6 Å². The van der Waals surface area contributed by atoms with Crippen LogP contribution in [0.2, 0.25) is 5.22 Å². The summed E-state index contributed by atoms with van der Waals surface area (Å²) >= 11 is 5.73. The summed E-state index contributed by atoms with van der Waals surface area (Å²) in [6.07, 6.45) is 1.67. The van der Waals surface area contributed by atoms with Crippen molar-refractivity contribution < 1.29 is 13.9 Å². The Morgan fingerprint density at radius 2 is 2.21 bits per heavy atom. The number of aromatic nitrogens is 3. The highest BCUT2D eigenvalue weighted by Gasteiger charge is 2.14. The number of hydrogen-bond acceptors (Lipinski definition) is 5. The van der Waals surface area contributed by atoms with Crippen LogP contribution in [0.5, 0.6) is 0 Å². The minimum atomic E-state index is -0.423. The molecule has 0 spiro atoms. The van der Waals surface area contributed by atoms with Gasteiger partial charge in [0.25, 0.3) is 0 Å². The molecule has 0 aromatic carbocycles. The molecule has 0 N–H and O–H groups in total. The number of hydrogen-bond donors (Lipinski definition) is 0. The van der Waals surface area contributed by atoms with Crippen molar-refractivity contribution in [3.8, 4) is 11.6 Å². The molecule has 0 saturated heterocycles. The van der Waals surface area contributed by atoms with E-state index in [0.717, 1.165) is 0 Å². The fourth-order valence-corrected chi connectivity index (χ4v) is 1.88. The molecule has 0 amide bonds. The standard InChI is InChI=1S/C12H8ClN3O3/c1-18-12(17)7-4-5-16-10(6-7)14-15-11(16)8-2-3-9(13)19-8/h2-6H,1H3. The van der Waals surface area contributed by atoms with Gasteiger partial charge in [-0.1, -0.05) is 0 Å².